The summed E-state index contributed by atoms with van der Waals surface area (Å²) in [5.74, 6) is 0. The number of urea groups is 1. The smallest absolute Gasteiger partial charge is 0.412 e. The van der Waals surface area contributed by atoms with E-state index in [0.29, 0.717) is 12.2 Å². The molecular formula is C18H28N4O3. The van der Waals surface area contributed by atoms with Crippen LogP contribution in [0.15, 0.2) is 24.3 Å². The summed E-state index contributed by atoms with van der Waals surface area (Å²) in [6.45, 7) is 9.14. The molecule has 7 nitrogen and oxygen atoms in total. The highest BCUT2D eigenvalue weighted by Crippen LogP contribution is 2.14. The number of nitrogens with zero attached hydrogens (tertiary/aromatic N) is 2. The van der Waals surface area contributed by atoms with Crippen molar-refractivity contribution in [3.05, 3.63) is 29.8 Å². The van der Waals surface area contributed by atoms with Gasteiger partial charge in [0.1, 0.15) is 5.60 Å². The zero-order valence-corrected chi connectivity index (χ0v) is 15.5. The van der Waals surface area contributed by atoms with Crippen molar-refractivity contribution in [1.29, 1.82) is 0 Å². The summed E-state index contributed by atoms with van der Waals surface area (Å²) >= 11 is 0. The molecule has 1 aromatic carbocycles. The second-order valence-corrected chi connectivity index (χ2v) is 7.20. The number of hydrogen-bond donors (Lipinski definition) is 2. The third-order valence-electron chi connectivity index (χ3n) is 3.73. The van der Waals surface area contributed by atoms with Gasteiger partial charge < -0.3 is 19.9 Å². The van der Waals surface area contributed by atoms with E-state index in [1.807, 2.05) is 49.9 Å². The maximum atomic E-state index is 12.4. The Kier molecular flexibility index (Phi) is 6.25. The average molecular weight is 348 g/mol. The minimum absolute atomic E-state index is 0.0393. The third kappa shape index (κ3) is 6.26. The number of carbonyl (C=O) groups is 2. The predicted molar refractivity (Wildman–Crippen MR) is 97.6 cm³/mol. The monoisotopic (exact) mass is 348 g/mol. The van der Waals surface area contributed by atoms with Gasteiger partial charge in [0.05, 0.1) is 0 Å². The standard InChI is InChI=1S/C18H28N4O3/c1-18(2,3)25-16(23)20-15-7-5-14(6-8-15)13-21(4)17(24)22-11-9-19-10-12-22/h5-8,19H,9-13H2,1-4H3,(H,20,23). The molecule has 0 bridgehead atoms. The van der Waals surface area contributed by atoms with Crippen molar-refractivity contribution in [2.24, 2.45) is 0 Å². The van der Waals surface area contributed by atoms with Gasteiger partial charge in [-0.3, -0.25) is 5.32 Å². The Bertz CT molecular complexity index is 589. The van der Waals surface area contributed by atoms with Crippen molar-refractivity contribution in [3.63, 3.8) is 0 Å². The SMILES string of the molecule is CN(Cc1ccc(NC(=O)OC(C)(C)C)cc1)C(=O)N1CCNCC1. The van der Waals surface area contributed by atoms with Crippen LogP contribution < -0.4 is 10.6 Å². The van der Waals surface area contributed by atoms with E-state index in [2.05, 4.69) is 10.6 Å². The van der Waals surface area contributed by atoms with Crippen molar-refractivity contribution in [1.82, 2.24) is 15.1 Å². The molecule has 0 spiro atoms. The largest absolute Gasteiger partial charge is 0.444 e. The van der Waals surface area contributed by atoms with Gasteiger partial charge in [-0.2, -0.15) is 0 Å². The molecule has 1 fully saturated rings. The topological polar surface area (TPSA) is 73.9 Å². The Hall–Kier alpha value is -2.28. The van der Waals surface area contributed by atoms with Crippen LogP contribution in [0.4, 0.5) is 15.3 Å². The first kappa shape index (κ1) is 19.1. The fourth-order valence-corrected chi connectivity index (χ4v) is 2.55. The maximum Gasteiger partial charge on any atom is 0.412 e. The molecule has 25 heavy (non-hydrogen) atoms. The Labute approximate surface area is 149 Å². The highest BCUT2D eigenvalue weighted by molar-refractivity contribution is 5.84. The summed E-state index contributed by atoms with van der Waals surface area (Å²) in [6.07, 6.45) is -0.480. The first-order chi connectivity index (χ1) is 11.7. The Morgan fingerprint density at radius 2 is 1.80 bits per heavy atom. The van der Waals surface area contributed by atoms with Crippen molar-refractivity contribution in [2.75, 3.05) is 38.5 Å². The van der Waals surface area contributed by atoms with Gasteiger partial charge in [-0.15, -0.1) is 0 Å². The molecule has 0 radical (unpaired) electrons. The fourth-order valence-electron chi connectivity index (χ4n) is 2.55. The van der Waals surface area contributed by atoms with Gasteiger partial charge in [0, 0.05) is 45.5 Å². The van der Waals surface area contributed by atoms with Gasteiger partial charge >= 0.3 is 12.1 Å². The van der Waals surface area contributed by atoms with Gasteiger partial charge in [0.15, 0.2) is 0 Å². The molecule has 138 valence electrons. The molecule has 2 rings (SSSR count). The summed E-state index contributed by atoms with van der Waals surface area (Å²) in [5, 5.41) is 5.93. The molecule has 3 amide bonds. The molecule has 0 saturated carbocycles. The number of hydrogen-bond acceptors (Lipinski definition) is 4. The van der Waals surface area contributed by atoms with Crippen LogP contribution in [0.3, 0.4) is 0 Å². The number of anilines is 1. The minimum atomic E-state index is -0.531. The lowest BCUT2D eigenvalue weighted by atomic mass is 10.2. The van der Waals surface area contributed by atoms with Gasteiger partial charge in [-0.25, -0.2) is 9.59 Å². The maximum absolute atomic E-state index is 12.4. The molecule has 1 aliphatic heterocycles. The lowest BCUT2D eigenvalue weighted by Gasteiger charge is -2.31. The van der Waals surface area contributed by atoms with E-state index in [1.54, 1.807) is 11.9 Å². The molecule has 0 atom stereocenters. The van der Waals surface area contributed by atoms with Crippen LogP contribution in [0.2, 0.25) is 0 Å². The number of nitrogens with one attached hydrogen (secondary N) is 2. The van der Waals surface area contributed by atoms with Crippen molar-refractivity contribution in [2.45, 2.75) is 32.9 Å². The number of carbonyl (C=O) groups excluding carboxylic acids is 2. The van der Waals surface area contributed by atoms with Crippen LogP contribution in [-0.4, -0.2) is 60.8 Å². The second kappa shape index (κ2) is 8.20. The Morgan fingerprint density at radius 1 is 1.20 bits per heavy atom. The predicted octanol–water partition coefficient (Wildman–Crippen LogP) is 2.49. The van der Waals surface area contributed by atoms with Gasteiger partial charge in [0.25, 0.3) is 0 Å². The number of benzene rings is 1. The number of rotatable bonds is 3. The number of piperazine rings is 1. The van der Waals surface area contributed by atoms with E-state index in [1.165, 1.54) is 0 Å². The molecule has 1 saturated heterocycles. The molecule has 0 aliphatic carbocycles. The van der Waals surface area contributed by atoms with Crippen LogP contribution in [0, 0.1) is 0 Å². The van der Waals surface area contributed by atoms with E-state index < -0.39 is 11.7 Å². The van der Waals surface area contributed by atoms with Crippen molar-refractivity contribution >= 4 is 17.8 Å². The highest BCUT2D eigenvalue weighted by atomic mass is 16.6. The van der Waals surface area contributed by atoms with Gasteiger partial charge in [0.2, 0.25) is 0 Å². The van der Waals surface area contributed by atoms with Gasteiger partial charge in [-0.05, 0) is 38.5 Å². The highest BCUT2D eigenvalue weighted by Gasteiger charge is 2.20. The summed E-state index contributed by atoms with van der Waals surface area (Å²) < 4.78 is 5.22. The quantitative estimate of drug-likeness (QED) is 0.880. The minimum Gasteiger partial charge on any atom is -0.444 e. The van der Waals surface area contributed by atoms with Crippen molar-refractivity contribution in [3.8, 4) is 0 Å². The molecule has 2 N–H and O–H groups in total. The average Bonchev–Trinajstić information content (AvgIpc) is 2.55. The van der Waals surface area contributed by atoms with E-state index in [0.717, 1.165) is 31.7 Å². The first-order valence-corrected chi connectivity index (χ1v) is 8.54. The first-order valence-electron chi connectivity index (χ1n) is 8.54. The summed E-state index contributed by atoms with van der Waals surface area (Å²) in [5.41, 5.74) is 1.13. The molecule has 1 aromatic rings. The van der Waals surface area contributed by atoms with E-state index in [-0.39, 0.29) is 6.03 Å². The Morgan fingerprint density at radius 3 is 2.36 bits per heavy atom. The zero-order chi connectivity index (χ0) is 18.4. The normalized spacial score (nSPS) is 14.8. The summed E-state index contributed by atoms with van der Waals surface area (Å²) in [7, 11) is 1.80. The second-order valence-electron chi connectivity index (χ2n) is 7.20. The lowest BCUT2D eigenvalue weighted by molar-refractivity contribution is 0.0636. The molecule has 0 aromatic heterocycles. The van der Waals surface area contributed by atoms with Crippen LogP contribution in [0.1, 0.15) is 26.3 Å². The molecule has 1 heterocycles. The van der Waals surface area contributed by atoms with E-state index in [9.17, 15) is 9.59 Å². The summed E-state index contributed by atoms with van der Waals surface area (Å²) in [4.78, 5) is 27.7. The molecule has 0 unspecified atom stereocenters. The molecule has 1 aliphatic rings. The third-order valence-corrected chi connectivity index (χ3v) is 3.73. The van der Waals surface area contributed by atoms with Crippen LogP contribution in [0.5, 0.6) is 0 Å². The van der Waals surface area contributed by atoms with E-state index >= 15 is 0 Å². The number of amides is 3. The molecular weight excluding hydrogens is 320 g/mol. The summed E-state index contributed by atoms with van der Waals surface area (Å²) in [6, 6.07) is 7.45. The van der Waals surface area contributed by atoms with Crippen LogP contribution in [0.25, 0.3) is 0 Å². The lowest BCUT2D eigenvalue weighted by Crippen LogP contribution is -2.50. The zero-order valence-electron chi connectivity index (χ0n) is 15.5. The van der Waals surface area contributed by atoms with Crippen molar-refractivity contribution < 1.29 is 14.3 Å². The Balaban J connectivity index is 1.87. The molecule has 7 heteroatoms. The fraction of sp³-hybridized carbons (Fsp3) is 0.556. The number of ether oxygens (including phenoxy) is 1. The van der Waals surface area contributed by atoms with Crippen LogP contribution in [-0.2, 0) is 11.3 Å². The van der Waals surface area contributed by atoms with E-state index in [4.69, 9.17) is 4.74 Å². The van der Waals surface area contributed by atoms with Crippen LogP contribution >= 0.6 is 0 Å². The van der Waals surface area contributed by atoms with Gasteiger partial charge in [-0.1, -0.05) is 12.1 Å².